The Morgan fingerprint density at radius 3 is 2.74 bits per heavy atom. The molecule has 0 N–H and O–H groups in total. The minimum Gasteiger partial charge on any atom is -0.381 e. The van der Waals surface area contributed by atoms with Gasteiger partial charge in [-0.1, -0.05) is 0 Å². The molecule has 1 fully saturated rings. The molecule has 0 bridgehead atoms. The maximum absolute atomic E-state index is 12.9. The number of aliphatic imine (C=N–C) groups is 1. The lowest BCUT2D eigenvalue weighted by Crippen LogP contribution is -2.24. The third-order valence-corrected chi connectivity index (χ3v) is 3.08. The van der Waals surface area contributed by atoms with Gasteiger partial charge >= 0.3 is 6.18 Å². The predicted octanol–water partition coefficient (Wildman–Crippen LogP) is 3.06. The van der Waals surface area contributed by atoms with E-state index in [1.54, 1.807) is 0 Å². The summed E-state index contributed by atoms with van der Waals surface area (Å²) in [5.74, 6) is 0.0773. The van der Waals surface area contributed by atoms with E-state index in [1.807, 2.05) is 5.16 Å². The molecule has 0 aliphatic carbocycles. The first-order valence-corrected chi connectivity index (χ1v) is 6.22. The summed E-state index contributed by atoms with van der Waals surface area (Å²) in [6.45, 7) is 1.38. The molecule has 0 aromatic carbocycles. The maximum Gasteiger partial charge on any atom is 0.433 e. The normalized spacial score (nSPS) is 17.2. The molecule has 19 heavy (non-hydrogen) atoms. The molecule has 0 unspecified atom stereocenters. The van der Waals surface area contributed by atoms with Crippen LogP contribution in [0.2, 0.25) is 0 Å². The minimum atomic E-state index is -4.45. The first-order valence-electron chi connectivity index (χ1n) is 5.81. The molecule has 0 saturated carbocycles. The standard InChI is InChI=1S/C11H12F3N3OS/c12-11(13,14)9-5-10(15-7-19)16-17(9)6-8-1-3-18-4-2-8/h5,8H,1-4,6H2. The van der Waals surface area contributed by atoms with Crippen LogP contribution in [0.4, 0.5) is 19.0 Å². The zero-order chi connectivity index (χ0) is 13.9. The van der Waals surface area contributed by atoms with Crippen molar-refractivity contribution in [2.45, 2.75) is 25.6 Å². The number of hydrogen-bond donors (Lipinski definition) is 0. The summed E-state index contributed by atoms with van der Waals surface area (Å²) in [6.07, 6.45) is -2.97. The SMILES string of the molecule is FC(F)(F)c1cc(N=C=S)nn1CC1CCOCC1. The molecule has 1 saturated heterocycles. The third-order valence-electron chi connectivity index (χ3n) is 2.99. The quantitative estimate of drug-likeness (QED) is 0.634. The highest BCUT2D eigenvalue weighted by molar-refractivity contribution is 7.78. The van der Waals surface area contributed by atoms with Gasteiger partial charge in [-0.05, 0) is 31.0 Å². The highest BCUT2D eigenvalue weighted by Crippen LogP contribution is 2.32. The summed E-state index contributed by atoms with van der Waals surface area (Å²) < 4.78 is 44.8. The molecular formula is C11H12F3N3OS. The van der Waals surface area contributed by atoms with E-state index in [4.69, 9.17) is 4.74 Å². The van der Waals surface area contributed by atoms with Crippen LogP contribution in [0.25, 0.3) is 0 Å². The molecule has 1 aliphatic rings. The van der Waals surface area contributed by atoms with Gasteiger partial charge in [-0.25, -0.2) is 0 Å². The molecule has 0 spiro atoms. The van der Waals surface area contributed by atoms with Crippen molar-refractivity contribution in [2.24, 2.45) is 10.9 Å². The van der Waals surface area contributed by atoms with Gasteiger partial charge in [-0.3, -0.25) is 4.68 Å². The fourth-order valence-corrected chi connectivity index (χ4v) is 2.14. The number of thiocarbonyl (C=S) groups is 1. The summed E-state index contributed by atoms with van der Waals surface area (Å²) in [6, 6.07) is 0.888. The lowest BCUT2D eigenvalue weighted by Gasteiger charge is -2.22. The summed E-state index contributed by atoms with van der Waals surface area (Å²) in [4.78, 5) is 3.50. The average molecular weight is 291 g/mol. The van der Waals surface area contributed by atoms with Gasteiger partial charge in [0.15, 0.2) is 5.82 Å². The van der Waals surface area contributed by atoms with Crippen molar-refractivity contribution in [2.75, 3.05) is 13.2 Å². The van der Waals surface area contributed by atoms with E-state index < -0.39 is 11.9 Å². The number of isothiocyanates is 1. The van der Waals surface area contributed by atoms with Crippen LogP contribution >= 0.6 is 12.2 Å². The van der Waals surface area contributed by atoms with E-state index in [0.717, 1.165) is 23.6 Å². The van der Waals surface area contributed by atoms with Crippen LogP contribution in [0, 0.1) is 5.92 Å². The van der Waals surface area contributed by atoms with Gasteiger partial charge in [-0.2, -0.15) is 23.3 Å². The Bertz CT molecular complexity index is 488. The van der Waals surface area contributed by atoms with Crippen molar-refractivity contribution in [1.82, 2.24) is 9.78 Å². The maximum atomic E-state index is 12.9. The molecule has 104 valence electrons. The number of aromatic nitrogens is 2. The van der Waals surface area contributed by atoms with Gasteiger partial charge in [0, 0.05) is 25.8 Å². The highest BCUT2D eigenvalue weighted by atomic mass is 32.1. The van der Waals surface area contributed by atoms with Crippen molar-refractivity contribution in [3.05, 3.63) is 11.8 Å². The van der Waals surface area contributed by atoms with Gasteiger partial charge < -0.3 is 4.74 Å². The van der Waals surface area contributed by atoms with Crippen LogP contribution < -0.4 is 0 Å². The molecule has 1 aromatic rings. The van der Waals surface area contributed by atoms with Crippen LogP contribution in [-0.2, 0) is 17.5 Å². The molecule has 1 aliphatic heterocycles. The molecule has 1 aromatic heterocycles. The summed E-state index contributed by atoms with van der Waals surface area (Å²) >= 11 is 4.38. The molecule has 0 amide bonds. The Kier molecular flexibility index (Phi) is 4.34. The van der Waals surface area contributed by atoms with Gasteiger partial charge in [0.2, 0.25) is 0 Å². The van der Waals surface area contributed by atoms with Gasteiger partial charge in [0.25, 0.3) is 0 Å². The fraction of sp³-hybridized carbons (Fsp3) is 0.636. The largest absolute Gasteiger partial charge is 0.433 e. The summed E-state index contributed by atoms with van der Waals surface area (Å²) in [5, 5.41) is 5.85. The van der Waals surface area contributed by atoms with Crippen LogP contribution in [0.1, 0.15) is 18.5 Å². The van der Waals surface area contributed by atoms with Crippen LogP contribution in [0.3, 0.4) is 0 Å². The lowest BCUT2D eigenvalue weighted by atomic mass is 10.0. The van der Waals surface area contributed by atoms with E-state index in [-0.39, 0.29) is 18.3 Å². The number of nitrogens with zero attached hydrogens (tertiary/aromatic N) is 3. The van der Waals surface area contributed by atoms with Crippen LogP contribution in [-0.4, -0.2) is 28.2 Å². The number of ether oxygens (including phenoxy) is 1. The van der Waals surface area contributed by atoms with Crippen LogP contribution in [0.15, 0.2) is 11.1 Å². The molecule has 2 rings (SSSR count). The molecule has 0 radical (unpaired) electrons. The molecular weight excluding hydrogens is 279 g/mol. The second-order valence-corrected chi connectivity index (χ2v) is 4.51. The van der Waals surface area contributed by atoms with Gasteiger partial charge in [0.05, 0.1) is 5.16 Å². The Labute approximate surface area is 113 Å². The Morgan fingerprint density at radius 1 is 1.47 bits per heavy atom. The monoisotopic (exact) mass is 291 g/mol. The van der Waals surface area contributed by atoms with Crippen molar-refractivity contribution in [3.63, 3.8) is 0 Å². The Morgan fingerprint density at radius 2 is 2.16 bits per heavy atom. The van der Waals surface area contributed by atoms with Crippen molar-refractivity contribution in [3.8, 4) is 0 Å². The van der Waals surface area contributed by atoms with Crippen LogP contribution in [0.5, 0.6) is 0 Å². The summed E-state index contributed by atoms with van der Waals surface area (Å²) in [7, 11) is 0. The molecule has 8 heteroatoms. The van der Waals surface area contributed by atoms with Crippen molar-refractivity contribution in [1.29, 1.82) is 0 Å². The average Bonchev–Trinajstić information content (AvgIpc) is 2.74. The lowest BCUT2D eigenvalue weighted by molar-refractivity contribution is -0.144. The number of halogens is 3. The molecule has 4 nitrogen and oxygen atoms in total. The van der Waals surface area contributed by atoms with E-state index in [0.29, 0.717) is 13.2 Å². The van der Waals surface area contributed by atoms with Crippen molar-refractivity contribution < 1.29 is 17.9 Å². The smallest absolute Gasteiger partial charge is 0.381 e. The second kappa shape index (κ2) is 5.81. The van der Waals surface area contributed by atoms with Gasteiger partial charge in [-0.15, -0.1) is 0 Å². The first kappa shape index (κ1) is 14.2. The highest BCUT2D eigenvalue weighted by Gasteiger charge is 2.36. The van der Waals surface area contributed by atoms with Gasteiger partial charge in [0.1, 0.15) is 5.69 Å². The topological polar surface area (TPSA) is 39.4 Å². The zero-order valence-electron chi connectivity index (χ0n) is 9.98. The first-order chi connectivity index (χ1) is 9.00. The van der Waals surface area contributed by atoms with E-state index in [9.17, 15) is 13.2 Å². The molecule has 2 heterocycles. The van der Waals surface area contributed by atoms with E-state index in [1.165, 1.54) is 0 Å². The second-order valence-electron chi connectivity index (χ2n) is 4.33. The summed E-state index contributed by atoms with van der Waals surface area (Å²) in [5.41, 5.74) is -0.803. The number of hydrogen-bond acceptors (Lipinski definition) is 4. The number of rotatable bonds is 3. The Balaban J connectivity index is 2.23. The Hall–Kier alpha value is -1.24. The third kappa shape index (κ3) is 3.62. The van der Waals surface area contributed by atoms with E-state index in [2.05, 4.69) is 22.3 Å². The minimum absolute atomic E-state index is 0.0608. The van der Waals surface area contributed by atoms with Crippen molar-refractivity contribution >= 4 is 23.2 Å². The molecule has 0 atom stereocenters. The zero-order valence-corrected chi connectivity index (χ0v) is 10.8. The predicted molar refractivity (Wildman–Crippen MR) is 65.5 cm³/mol. The number of alkyl halides is 3. The van der Waals surface area contributed by atoms with E-state index >= 15 is 0 Å². The fourth-order valence-electron chi connectivity index (χ4n) is 2.05.